The molecule has 1 aliphatic carbocycles. The number of Topliss-reactive ketones (excluding diaryl/α,β-unsaturated/α-hetero) is 1. The maximum atomic E-state index is 13.2. The number of carbonyl (C=O) groups excluding carboxylic acids is 2. The number of hydrogen-bond donors (Lipinski definition) is 0. The molecule has 0 amide bonds. The summed E-state index contributed by atoms with van der Waals surface area (Å²) in [5.41, 5.74) is 4.09. The third-order valence-corrected chi connectivity index (χ3v) is 6.38. The third kappa shape index (κ3) is 3.97. The van der Waals surface area contributed by atoms with Gasteiger partial charge in [-0.3, -0.25) is 14.6 Å². The molecule has 1 aromatic heterocycles. The standard InChI is InChI=1S/C24H25NO3S/c1-15-20(23(27)28-13-16-7-5-4-6-8-16)21(17-9-10-29-14-17)22-18(25-15)11-24(2,3)12-19(22)26/h4-10,14,20-21H,11-13H2,1-3H3/t20?,21-/m1/s1. The van der Waals surface area contributed by atoms with Crippen molar-refractivity contribution in [1.29, 1.82) is 0 Å². The van der Waals surface area contributed by atoms with Gasteiger partial charge in [-0.2, -0.15) is 11.3 Å². The van der Waals surface area contributed by atoms with Gasteiger partial charge < -0.3 is 4.74 Å². The summed E-state index contributed by atoms with van der Waals surface area (Å²) in [7, 11) is 0. The SMILES string of the molecule is CC1=NC2=C(C(=O)CC(C)(C)C2)[C@H](c2ccsc2)C1C(=O)OCc1ccccc1. The first-order chi connectivity index (χ1) is 13.9. The fraction of sp³-hybridized carbons (Fsp3) is 0.375. The Kier molecular flexibility index (Phi) is 5.26. The van der Waals surface area contributed by atoms with Gasteiger partial charge in [0.15, 0.2) is 5.78 Å². The van der Waals surface area contributed by atoms with Crippen LogP contribution in [-0.4, -0.2) is 17.5 Å². The Balaban J connectivity index is 1.68. The van der Waals surface area contributed by atoms with Crippen molar-refractivity contribution in [2.75, 3.05) is 0 Å². The second kappa shape index (κ2) is 7.71. The van der Waals surface area contributed by atoms with Gasteiger partial charge in [-0.15, -0.1) is 0 Å². The Bertz CT molecular complexity index is 986. The predicted octanol–water partition coefficient (Wildman–Crippen LogP) is 5.31. The molecule has 0 saturated carbocycles. The fourth-order valence-electron chi connectivity index (χ4n) is 4.38. The predicted molar refractivity (Wildman–Crippen MR) is 115 cm³/mol. The van der Waals surface area contributed by atoms with E-state index in [9.17, 15) is 9.59 Å². The summed E-state index contributed by atoms with van der Waals surface area (Å²) in [6, 6.07) is 11.6. The summed E-state index contributed by atoms with van der Waals surface area (Å²) in [4.78, 5) is 31.0. The van der Waals surface area contributed by atoms with Crippen molar-refractivity contribution in [2.24, 2.45) is 16.3 Å². The van der Waals surface area contributed by atoms with E-state index < -0.39 is 5.92 Å². The summed E-state index contributed by atoms with van der Waals surface area (Å²) in [5, 5.41) is 4.01. The highest BCUT2D eigenvalue weighted by Crippen LogP contribution is 2.48. The highest BCUT2D eigenvalue weighted by atomic mass is 32.1. The van der Waals surface area contributed by atoms with Crippen molar-refractivity contribution in [1.82, 2.24) is 0 Å². The van der Waals surface area contributed by atoms with Gasteiger partial charge in [0.25, 0.3) is 0 Å². The lowest BCUT2D eigenvalue weighted by Gasteiger charge is -2.38. The fourth-order valence-corrected chi connectivity index (χ4v) is 5.08. The van der Waals surface area contributed by atoms with Crippen molar-refractivity contribution >= 4 is 28.8 Å². The molecule has 150 valence electrons. The lowest BCUT2D eigenvalue weighted by atomic mass is 9.67. The quantitative estimate of drug-likeness (QED) is 0.646. The van der Waals surface area contributed by atoms with E-state index in [1.807, 2.05) is 54.1 Å². The summed E-state index contributed by atoms with van der Waals surface area (Å²) in [6.07, 6.45) is 1.23. The van der Waals surface area contributed by atoms with E-state index in [0.717, 1.165) is 29.0 Å². The highest BCUT2D eigenvalue weighted by Gasteiger charge is 2.46. The van der Waals surface area contributed by atoms with E-state index in [-0.39, 0.29) is 29.7 Å². The number of carbonyl (C=O) groups is 2. The second-order valence-electron chi connectivity index (χ2n) is 8.66. The van der Waals surface area contributed by atoms with Gasteiger partial charge in [-0.05, 0) is 46.7 Å². The van der Waals surface area contributed by atoms with Crippen LogP contribution >= 0.6 is 11.3 Å². The number of nitrogens with zero attached hydrogens (tertiary/aromatic N) is 1. The number of allylic oxidation sites excluding steroid dienone is 2. The maximum absolute atomic E-state index is 13.2. The Morgan fingerprint density at radius 2 is 1.97 bits per heavy atom. The van der Waals surface area contributed by atoms with Gasteiger partial charge in [-0.1, -0.05) is 44.2 Å². The van der Waals surface area contributed by atoms with Gasteiger partial charge in [0, 0.05) is 29.3 Å². The van der Waals surface area contributed by atoms with Crippen molar-refractivity contribution in [2.45, 2.75) is 46.1 Å². The molecule has 0 bridgehead atoms. The van der Waals surface area contributed by atoms with E-state index in [0.29, 0.717) is 12.0 Å². The monoisotopic (exact) mass is 407 g/mol. The van der Waals surface area contributed by atoms with Crippen molar-refractivity contribution in [3.8, 4) is 0 Å². The van der Waals surface area contributed by atoms with E-state index in [4.69, 9.17) is 9.73 Å². The second-order valence-corrected chi connectivity index (χ2v) is 9.44. The topological polar surface area (TPSA) is 55.7 Å². The lowest BCUT2D eigenvalue weighted by molar-refractivity contribution is -0.148. The molecule has 0 fully saturated rings. The van der Waals surface area contributed by atoms with Gasteiger partial charge in [0.1, 0.15) is 12.5 Å². The van der Waals surface area contributed by atoms with E-state index in [1.54, 1.807) is 11.3 Å². The Hall–Kier alpha value is -2.53. The number of ketones is 1. The van der Waals surface area contributed by atoms with Crippen LogP contribution in [0.4, 0.5) is 0 Å². The third-order valence-electron chi connectivity index (χ3n) is 5.68. The summed E-state index contributed by atoms with van der Waals surface area (Å²) < 4.78 is 5.67. The molecule has 0 radical (unpaired) electrons. The highest BCUT2D eigenvalue weighted by molar-refractivity contribution is 7.08. The minimum absolute atomic E-state index is 0.101. The van der Waals surface area contributed by atoms with Gasteiger partial charge >= 0.3 is 5.97 Å². The number of aliphatic imine (C=N–C) groups is 1. The van der Waals surface area contributed by atoms with E-state index >= 15 is 0 Å². The van der Waals surface area contributed by atoms with Gasteiger partial charge in [-0.25, -0.2) is 0 Å². The molecular weight excluding hydrogens is 382 g/mol. The molecule has 29 heavy (non-hydrogen) atoms. The molecule has 2 aliphatic rings. The number of esters is 1. The van der Waals surface area contributed by atoms with Crippen LogP contribution in [0.3, 0.4) is 0 Å². The number of thiophene rings is 1. The van der Waals surface area contributed by atoms with E-state index in [1.165, 1.54) is 0 Å². The Morgan fingerprint density at radius 1 is 1.21 bits per heavy atom. The molecule has 0 saturated heterocycles. The smallest absolute Gasteiger partial charge is 0.315 e. The van der Waals surface area contributed by atoms with Crippen LogP contribution in [0.2, 0.25) is 0 Å². The summed E-state index contributed by atoms with van der Waals surface area (Å²) in [5.74, 6) is -1.11. The molecule has 1 unspecified atom stereocenters. The molecule has 4 nitrogen and oxygen atoms in total. The van der Waals surface area contributed by atoms with Crippen LogP contribution in [0.5, 0.6) is 0 Å². The lowest BCUT2D eigenvalue weighted by Crippen LogP contribution is -2.39. The number of rotatable bonds is 4. The average molecular weight is 408 g/mol. The first-order valence-corrected chi connectivity index (χ1v) is 10.8. The minimum Gasteiger partial charge on any atom is -0.460 e. The molecule has 4 rings (SSSR count). The molecule has 2 aromatic rings. The molecule has 2 atom stereocenters. The molecule has 5 heteroatoms. The zero-order chi connectivity index (χ0) is 20.6. The van der Waals surface area contributed by atoms with Crippen molar-refractivity contribution in [3.63, 3.8) is 0 Å². The van der Waals surface area contributed by atoms with Gasteiger partial charge in [0.2, 0.25) is 0 Å². The Labute approximate surface area is 175 Å². The molecule has 1 aromatic carbocycles. The van der Waals surface area contributed by atoms with E-state index in [2.05, 4.69) is 13.8 Å². The molecular formula is C24H25NO3S. The molecule has 1 aliphatic heterocycles. The first kappa shape index (κ1) is 19.8. The normalized spacial score (nSPS) is 23.4. The maximum Gasteiger partial charge on any atom is 0.315 e. The van der Waals surface area contributed by atoms with Gasteiger partial charge in [0.05, 0.1) is 0 Å². The first-order valence-electron chi connectivity index (χ1n) is 9.90. The largest absolute Gasteiger partial charge is 0.460 e. The van der Waals surface area contributed by atoms with Crippen LogP contribution in [0.1, 0.15) is 50.7 Å². The zero-order valence-electron chi connectivity index (χ0n) is 17.0. The van der Waals surface area contributed by atoms with Crippen LogP contribution in [0, 0.1) is 11.3 Å². The number of benzene rings is 1. The number of ether oxygens (including phenoxy) is 1. The van der Waals surface area contributed by atoms with Crippen molar-refractivity contribution in [3.05, 3.63) is 69.6 Å². The summed E-state index contributed by atoms with van der Waals surface area (Å²) in [6.45, 7) is 6.29. The van der Waals surface area contributed by atoms with Crippen LogP contribution in [0.15, 0.2) is 63.4 Å². The van der Waals surface area contributed by atoms with Crippen LogP contribution < -0.4 is 0 Å². The average Bonchev–Trinajstić information content (AvgIpc) is 3.19. The molecule has 0 spiro atoms. The zero-order valence-corrected chi connectivity index (χ0v) is 17.8. The molecule has 0 N–H and O–H groups in total. The minimum atomic E-state index is -0.572. The Morgan fingerprint density at radius 3 is 2.66 bits per heavy atom. The number of hydrogen-bond acceptors (Lipinski definition) is 5. The van der Waals surface area contributed by atoms with Crippen LogP contribution in [0.25, 0.3) is 0 Å². The van der Waals surface area contributed by atoms with Crippen molar-refractivity contribution < 1.29 is 14.3 Å². The summed E-state index contributed by atoms with van der Waals surface area (Å²) >= 11 is 1.57. The molecule has 2 heterocycles. The van der Waals surface area contributed by atoms with Crippen LogP contribution in [-0.2, 0) is 20.9 Å².